The van der Waals surface area contributed by atoms with Gasteiger partial charge in [-0.05, 0) is 63.5 Å². The van der Waals surface area contributed by atoms with Gasteiger partial charge in [-0.15, -0.1) is 0 Å². The molecule has 3 fully saturated rings. The molecule has 7 unspecified atom stereocenters. The van der Waals surface area contributed by atoms with E-state index in [2.05, 4.69) is 79.6 Å². The number of carbonyl (C=O) groups is 2. The quantitative estimate of drug-likeness (QED) is 0.125. The Morgan fingerprint density at radius 2 is 1.57 bits per heavy atom. The number of ether oxygens (including phenoxy) is 3. The van der Waals surface area contributed by atoms with Crippen molar-refractivity contribution < 1.29 is 28.9 Å². The Balaban J connectivity index is 1.06. The first-order chi connectivity index (χ1) is 26.9. The summed E-state index contributed by atoms with van der Waals surface area (Å²) in [5.41, 5.74) is 7.42. The number of nitrogens with one attached hydrogen (secondary N) is 2. The standard InChI is InChI=1S/C47H57N3O6/c1-31-41(27-50-30-47(4)25-38(50)24-46(2,3)29-47)55-44(56-42(31)35-17-15-33(28-51)16-18-35)36-21-19-34(20-22-36)39-14-10-9-13-37(39)26-48-45(53)49-40(43(52)54-5)23-32-11-7-6-8-12-32/h6-22,31,38,40-42,44,51H,23-30H2,1-5H3,(H2,48,49,53). The summed E-state index contributed by atoms with van der Waals surface area (Å²) in [6, 6.07) is 33.2. The fraction of sp³-hybridized carbons (Fsp3) is 0.447. The lowest BCUT2D eigenvalue weighted by Crippen LogP contribution is -2.47. The second-order valence-corrected chi connectivity index (χ2v) is 17.3. The molecule has 0 radical (unpaired) electrons. The molecule has 2 heterocycles. The van der Waals surface area contributed by atoms with Gasteiger partial charge in [0.15, 0.2) is 6.29 Å². The van der Waals surface area contributed by atoms with Crippen LogP contribution in [0.5, 0.6) is 0 Å². The highest BCUT2D eigenvalue weighted by atomic mass is 16.7. The number of nitrogens with zero attached hydrogens (tertiary/aromatic N) is 1. The third kappa shape index (κ3) is 9.18. The van der Waals surface area contributed by atoms with Crippen LogP contribution in [0.2, 0.25) is 0 Å². The number of rotatable bonds is 12. The number of likely N-dealkylation sites (tertiary alicyclic amines) is 1. The lowest BCUT2D eigenvalue weighted by molar-refractivity contribution is -0.276. The molecule has 7 rings (SSSR count). The zero-order valence-electron chi connectivity index (χ0n) is 33.4. The number of methoxy groups -OCH3 is 1. The molecule has 9 nitrogen and oxygen atoms in total. The largest absolute Gasteiger partial charge is 0.467 e. The first-order valence-electron chi connectivity index (χ1n) is 20.0. The van der Waals surface area contributed by atoms with Crippen LogP contribution in [0, 0.1) is 16.7 Å². The Morgan fingerprint density at radius 1 is 0.875 bits per heavy atom. The topological polar surface area (TPSA) is 109 Å². The number of amides is 2. The second kappa shape index (κ2) is 16.9. The highest BCUT2D eigenvalue weighted by molar-refractivity contribution is 5.84. The van der Waals surface area contributed by atoms with Crippen LogP contribution >= 0.6 is 0 Å². The summed E-state index contributed by atoms with van der Waals surface area (Å²) in [4.78, 5) is 28.3. The molecule has 7 atom stereocenters. The van der Waals surface area contributed by atoms with Crippen molar-refractivity contribution >= 4 is 12.0 Å². The van der Waals surface area contributed by atoms with Gasteiger partial charge >= 0.3 is 12.0 Å². The van der Waals surface area contributed by atoms with Crippen LogP contribution in [-0.4, -0.2) is 60.4 Å². The number of hydrogen-bond donors (Lipinski definition) is 3. The van der Waals surface area contributed by atoms with E-state index >= 15 is 0 Å². The predicted molar refractivity (Wildman–Crippen MR) is 217 cm³/mol. The third-order valence-corrected chi connectivity index (χ3v) is 12.1. The molecule has 4 aromatic carbocycles. The van der Waals surface area contributed by atoms with Gasteiger partial charge in [0.25, 0.3) is 0 Å². The van der Waals surface area contributed by atoms with E-state index in [1.165, 1.54) is 26.4 Å². The van der Waals surface area contributed by atoms with E-state index in [0.29, 0.717) is 23.3 Å². The molecule has 0 spiro atoms. The zero-order chi connectivity index (χ0) is 39.5. The minimum Gasteiger partial charge on any atom is -0.467 e. The summed E-state index contributed by atoms with van der Waals surface area (Å²) in [5.74, 6) is -0.386. The fourth-order valence-corrected chi connectivity index (χ4v) is 9.70. The van der Waals surface area contributed by atoms with Gasteiger partial charge in [-0.2, -0.15) is 0 Å². The molecule has 296 valence electrons. The maximum Gasteiger partial charge on any atom is 0.328 e. The number of hydrogen-bond acceptors (Lipinski definition) is 7. The van der Waals surface area contributed by atoms with Gasteiger partial charge in [0.05, 0.1) is 25.9 Å². The van der Waals surface area contributed by atoms with Crippen molar-refractivity contribution in [3.05, 3.63) is 131 Å². The zero-order valence-corrected chi connectivity index (χ0v) is 33.4. The predicted octanol–water partition coefficient (Wildman–Crippen LogP) is 8.12. The van der Waals surface area contributed by atoms with Crippen molar-refractivity contribution in [3.63, 3.8) is 0 Å². The Labute approximate surface area is 331 Å². The van der Waals surface area contributed by atoms with Crippen molar-refractivity contribution in [2.45, 2.75) is 97.1 Å². The third-order valence-electron chi connectivity index (χ3n) is 12.1. The number of esters is 1. The van der Waals surface area contributed by atoms with Crippen molar-refractivity contribution in [1.82, 2.24) is 15.5 Å². The Kier molecular flexibility index (Phi) is 12.0. The van der Waals surface area contributed by atoms with Crippen LogP contribution in [0.1, 0.15) is 87.2 Å². The van der Waals surface area contributed by atoms with E-state index < -0.39 is 24.3 Å². The maximum atomic E-state index is 13.1. The molecule has 9 heteroatoms. The van der Waals surface area contributed by atoms with Gasteiger partial charge < -0.3 is 30.0 Å². The van der Waals surface area contributed by atoms with Crippen LogP contribution in [0.15, 0.2) is 103 Å². The van der Waals surface area contributed by atoms with Crippen molar-refractivity contribution in [1.29, 1.82) is 0 Å². The Morgan fingerprint density at radius 3 is 2.29 bits per heavy atom. The molecule has 1 saturated carbocycles. The highest BCUT2D eigenvalue weighted by Gasteiger charge is 2.51. The normalized spacial score (nSPS) is 26.3. The molecular weight excluding hydrogens is 703 g/mol. The molecule has 2 aliphatic heterocycles. The summed E-state index contributed by atoms with van der Waals surface area (Å²) in [6.07, 6.45) is 3.27. The van der Waals surface area contributed by atoms with E-state index in [4.69, 9.17) is 14.2 Å². The molecule has 2 saturated heterocycles. The molecule has 0 aromatic heterocycles. The Bertz CT molecular complexity index is 1950. The van der Waals surface area contributed by atoms with Gasteiger partial charge in [-0.25, -0.2) is 9.59 Å². The van der Waals surface area contributed by atoms with Crippen LogP contribution < -0.4 is 10.6 Å². The number of carbonyl (C=O) groups excluding carboxylic acids is 2. The SMILES string of the molecule is COC(=O)C(Cc1ccccc1)NC(=O)NCc1ccccc1-c1ccc(C2OC(CN3CC4(C)CC3CC(C)(C)C4)C(C)C(c3ccc(CO)cc3)O2)cc1. The number of aliphatic hydroxyl groups is 1. The van der Waals surface area contributed by atoms with E-state index in [1.807, 2.05) is 66.7 Å². The smallest absolute Gasteiger partial charge is 0.328 e. The molecule has 2 bridgehead atoms. The number of urea groups is 1. The molecular formula is C47H57N3O6. The van der Waals surface area contributed by atoms with Gasteiger partial charge in [-0.1, -0.05) is 131 Å². The van der Waals surface area contributed by atoms with Crippen molar-refractivity contribution in [2.75, 3.05) is 20.2 Å². The van der Waals surface area contributed by atoms with E-state index in [0.717, 1.165) is 52.0 Å². The number of aliphatic hydroxyl groups excluding tert-OH is 1. The van der Waals surface area contributed by atoms with E-state index in [-0.39, 0.29) is 31.3 Å². The van der Waals surface area contributed by atoms with Crippen LogP contribution in [0.3, 0.4) is 0 Å². The van der Waals surface area contributed by atoms with Crippen molar-refractivity contribution in [2.24, 2.45) is 16.7 Å². The average Bonchev–Trinajstić information content (AvgIpc) is 3.44. The van der Waals surface area contributed by atoms with Crippen LogP contribution in [0.4, 0.5) is 4.79 Å². The van der Waals surface area contributed by atoms with Gasteiger partial charge in [-0.3, -0.25) is 4.90 Å². The first kappa shape index (κ1) is 39.7. The monoisotopic (exact) mass is 759 g/mol. The summed E-state index contributed by atoms with van der Waals surface area (Å²) >= 11 is 0. The Hall–Kier alpha value is -4.54. The number of benzene rings is 4. The summed E-state index contributed by atoms with van der Waals surface area (Å²) < 4.78 is 18.7. The molecule has 3 N–H and O–H groups in total. The van der Waals surface area contributed by atoms with Crippen LogP contribution in [-0.2, 0) is 38.6 Å². The molecule has 3 aliphatic rings. The average molecular weight is 760 g/mol. The summed E-state index contributed by atoms with van der Waals surface area (Å²) in [5, 5.41) is 15.4. The molecule has 56 heavy (non-hydrogen) atoms. The van der Waals surface area contributed by atoms with Gasteiger partial charge in [0.2, 0.25) is 0 Å². The fourth-order valence-electron chi connectivity index (χ4n) is 9.70. The van der Waals surface area contributed by atoms with Crippen LogP contribution in [0.25, 0.3) is 11.1 Å². The highest BCUT2D eigenvalue weighted by Crippen LogP contribution is 2.53. The molecule has 1 aliphatic carbocycles. The number of fused-ring (bicyclic) bond motifs is 2. The molecule has 2 amide bonds. The molecule has 4 aromatic rings. The lowest BCUT2D eigenvalue weighted by Gasteiger charge is -2.43. The lowest BCUT2D eigenvalue weighted by atomic mass is 9.65. The minimum absolute atomic E-state index is 0.00450. The summed E-state index contributed by atoms with van der Waals surface area (Å²) in [6.45, 7) is 11.8. The maximum absolute atomic E-state index is 13.1. The van der Waals surface area contributed by atoms with Gasteiger partial charge in [0, 0.05) is 43.6 Å². The first-order valence-corrected chi connectivity index (χ1v) is 20.0. The summed E-state index contributed by atoms with van der Waals surface area (Å²) in [7, 11) is 1.32. The van der Waals surface area contributed by atoms with Crippen molar-refractivity contribution in [3.8, 4) is 11.1 Å². The van der Waals surface area contributed by atoms with E-state index in [9.17, 15) is 14.7 Å². The minimum atomic E-state index is -0.818. The second-order valence-electron chi connectivity index (χ2n) is 17.3. The van der Waals surface area contributed by atoms with Gasteiger partial charge in [0.1, 0.15) is 6.04 Å². The van der Waals surface area contributed by atoms with E-state index in [1.54, 1.807) is 0 Å².